The van der Waals surface area contributed by atoms with E-state index in [0.717, 1.165) is 0 Å². The van der Waals surface area contributed by atoms with E-state index >= 15 is 0 Å². The number of nitriles is 1. The van der Waals surface area contributed by atoms with Crippen molar-refractivity contribution < 1.29 is 4.79 Å². The smallest absolute Gasteiger partial charge is 0.224 e. The quantitative estimate of drug-likeness (QED) is 0.850. The molecule has 0 bridgehead atoms. The standard InChI is InChI=1S/C11H13ClN4O/c1-11(2,10(14)17)6-16-9-8(12)7(5-13)3-4-15-9/h3-4H,6H2,1-2H3,(H2,14,17)(H,15,16). The Balaban J connectivity index is 2.84. The molecule has 0 atom stereocenters. The van der Waals surface area contributed by atoms with Gasteiger partial charge in [-0.2, -0.15) is 5.26 Å². The highest BCUT2D eigenvalue weighted by atomic mass is 35.5. The van der Waals surface area contributed by atoms with Crippen molar-refractivity contribution in [2.45, 2.75) is 13.8 Å². The molecule has 0 spiro atoms. The van der Waals surface area contributed by atoms with Gasteiger partial charge in [0.15, 0.2) is 0 Å². The zero-order valence-electron chi connectivity index (χ0n) is 9.62. The molecule has 0 saturated heterocycles. The number of carbonyl (C=O) groups excluding carboxylic acids is 1. The molecular weight excluding hydrogens is 240 g/mol. The number of primary amides is 1. The second-order valence-electron chi connectivity index (χ2n) is 4.23. The van der Waals surface area contributed by atoms with Crippen molar-refractivity contribution in [3.05, 3.63) is 22.8 Å². The fourth-order valence-corrected chi connectivity index (χ4v) is 1.27. The highest BCUT2D eigenvalue weighted by Gasteiger charge is 2.25. The molecule has 17 heavy (non-hydrogen) atoms. The van der Waals surface area contributed by atoms with Crippen molar-refractivity contribution in [3.63, 3.8) is 0 Å². The molecule has 1 aromatic heterocycles. The molecule has 1 rings (SSSR count). The number of amides is 1. The second-order valence-corrected chi connectivity index (χ2v) is 4.61. The second kappa shape index (κ2) is 5.02. The highest BCUT2D eigenvalue weighted by Crippen LogP contribution is 2.24. The average molecular weight is 253 g/mol. The summed E-state index contributed by atoms with van der Waals surface area (Å²) < 4.78 is 0. The maximum absolute atomic E-state index is 11.1. The average Bonchev–Trinajstić information content (AvgIpc) is 2.27. The molecular formula is C11H13ClN4O. The summed E-state index contributed by atoms with van der Waals surface area (Å²) in [5, 5.41) is 12.0. The van der Waals surface area contributed by atoms with E-state index in [-0.39, 0.29) is 5.02 Å². The van der Waals surface area contributed by atoms with Gasteiger partial charge in [-0.05, 0) is 19.9 Å². The van der Waals surface area contributed by atoms with Crippen molar-refractivity contribution in [3.8, 4) is 6.07 Å². The van der Waals surface area contributed by atoms with Gasteiger partial charge in [-0.25, -0.2) is 4.98 Å². The monoisotopic (exact) mass is 252 g/mol. The summed E-state index contributed by atoms with van der Waals surface area (Å²) in [5.74, 6) is -0.0439. The Morgan fingerprint density at radius 3 is 2.88 bits per heavy atom. The SMILES string of the molecule is CC(C)(CNc1nccc(C#N)c1Cl)C(N)=O. The first kappa shape index (κ1) is 13.3. The lowest BCUT2D eigenvalue weighted by Crippen LogP contribution is -2.37. The molecule has 1 amide bonds. The van der Waals surface area contributed by atoms with Crippen LogP contribution in [0.2, 0.25) is 5.02 Å². The summed E-state index contributed by atoms with van der Waals surface area (Å²) in [7, 11) is 0. The molecule has 6 heteroatoms. The van der Waals surface area contributed by atoms with Gasteiger partial charge in [0.1, 0.15) is 16.9 Å². The van der Waals surface area contributed by atoms with E-state index in [4.69, 9.17) is 22.6 Å². The third kappa shape index (κ3) is 3.08. The molecule has 0 fully saturated rings. The summed E-state index contributed by atoms with van der Waals surface area (Å²) in [5.41, 5.74) is 4.86. The van der Waals surface area contributed by atoms with E-state index in [1.54, 1.807) is 13.8 Å². The van der Waals surface area contributed by atoms with Crippen LogP contribution in [0.4, 0.5) is 5.82 Å². The Labute approximate surface area is 105 Å². The molecule has 0 aliphatic heterocycles. The van der Waals surface area contributed by atoms with E-state index < -0.39 is 11.3 Å². The zero-order valence-corrected chi connectivity index (χ0v) is 10.4. The number of hydrogen-bond donors (Lipinski definition) is 2. The van der Waals surface area contributed by atoms with E-state index in [2.05, 4.69) is 10.3 Å². The minimum absolute atomic E-state index is 0.246. The summed E-state index contributed by atoms with van der Waals surface area (Å²) in [6, 6.07) is 3.47. The molecule has 1 aromatic rings. The van der Waals surface area contributed by atoms with Gasteiger partial charge in [0.05, 0.1) is 11.0 Å². The van der Waals surface area contributed by atoms with Gasteiger partial charge in [0, 0.05) is 12.7 Å². The van der Waals surface area contributed by atoms with Crippen LogP contribution in [-0.4, -0.2) is 17.4 Å². The largest absolute Gasteiger partial charge is 0.369 e. The maximum Gasteiger partial charge on any atom is 0.224 e. The summed E-state index contributed by atoms with van der Waals surface area (Å²) in [6.45, 7) is 3.72. The van der Waals surface area contributed by atoms with Crippen LogP contribution in [0, 0.1) is 16.7 Å². The predicted octanol–water partition coefficient (Wildman–Crippen LogP) is 1.53. The van der Waals surface area contributed by atoms with Crippen LogP contribution in [-0.2, 0) is 4.79 Å². The van der Waals surface area contributed by atoms with E-state index in [9.17, 15) is 4.79 Å². The van der Waals surface area contributed by atoms with E-state index in [0.29, 0.717) is 17.9 Å². The molecule has 0 unspecified atom stereocenters. The van der Waals surface area contributed by atoms with Gasteiger partial charge in [0.2, 0.25) is 5.91 Å². The molecule has 90 valence electrons. The number of rotatable bonds is 4. The van der Waals surface area contributed by atoms with Gasteiger partial charge in [0.25, 0.3) is 0 Å². The number of anilines is 1. The van der Waals surface area contributed by atoms with Crippen LogP contribution < -0.4 is 11.1 Å². The summed E-state index contributed by atoms with van der Waals surface area (Å²) in [4.78, 5) is 15.1. The minimum Gasteiger partial charge on any atom is -0.369 e. The minimum atomic E-state index is -0.715. The lowest BCUT2D eigenvalue weighted by Gasteiger charge is -2.21. The number of halogens is 1. The number of pyridine rings is 1. The van der Waals surface area contributed by atoms with Gasteiger partial charge < -0.3 is 11.1 Å². The Kier molecular flexibility index (Phi) is 3.92. The normalized spacial score (nSPS) is 10.7. The van der Waals surface area contributed by atoms with Crippen LogP contribution in [0.3, 0.4) is 0 Å². The Morgan fingerprint density at radius 1 is 1.71 bits per heavy atom. The Hall–Kier alpha value is -1.80. The predicted molar refractivity (Wildman–Crippen MR) is 65.4 cm³/mol. The number of nitrogens with two attached hydrogens (primary N) is 1. The third-order valence-electron chi connectivity index (χ3n) is 2.37. The molecule has 0 aromatic carbocycles. The van der Waals surface area contributed by atoms with Crippen molar-refractivity contribution in [2.24, 2.45) is 11.1 Å². The molecule has 1 heterocycles. The highest BCUT2D eigenvalue weighted by molar-refractivity contribution is 6.34. The topological polar surface area (TPSA) is 91.8 Å². The number of aromatic nitrogens is 1. The van der Waals surface area contributed by atoms with Crippen LogP contribution in [0.15, 0.2) is 12.3 Å². The summed E-state index contributed by atoms with van der Waals surface area (Å²) >= 11 is 5.95. The first-order valence-corrected chi connectivity index (χ1v) is 5.34. The van der Waals surface area contributed by atoms with Crippen LogP contribution >= 0.6 is 11.6 Å². The lowest BCUT2D eigenvalue weighted by molar-refractivity contribution is -0.125. The van der Waals surface area contributed by atoms with Crippen molar-refractivity contribution in [1.82, 2.24) is 4.98 Å². The fourth-order valence-electron chi connectivity index (χ4n) is 1.05. The molecule has 0 saturated carbocycles. The molecule has 0 radical (unpaired) electrons. The first-order valence-electron chi connectivity index (χ1n) is 4.97. The number of nitrogens with zero attached hydrogens (tertiary/aromatic N) is 2. The maximum atomic E-state index is 11.1. The number of carbonyl (C=O) groups is 1. The van der Waals surface area contributed by atoms with Crippen LogP contribution in [0.1, 0.15) is 19.4 Å². The Morgan fingerprint density at radius 2 is 2.35 bits per heavy atom. The van der Waals surface area contributed by atoms with Gasteiger partial charge in [-0.15, -0.1) is 0 Å². The summed E-state index contributed by atoms with van der Waals surface area (Å²) in [6.07, 6.45) is 1.48. The molecule has 3 N–H and O–H groups in total. The van der Waals surface area contributed by atoms with Gasteiger partial charge >= 0.3 is 0 Å². The number of hydrogen-bond acceptors (Lipinski definition) is 4. The Bertz CT molecular complexity index is 479. The van der Waals surface area contributed by atoms with E-state index in [1.165, 1.54) is 12.3 Å². The molecule has 5 nitrogen and oxygen atoms in total. The van der Waals surface area contributed by atoms with Crippen LogP contribution in [0.5, 0.6) is 0 Å². The van der Waals surface area contributed by atoms with Crippen molar-refractivity contribution in [1.29, 1.82) is 5.26 Å². The van der Waals surface area contributed by atoms with Crippen molar-refractivity contribution in [2.75, 3.05) is 11.9 Å². The first-order chi connectivity index (χ1) is 7.88. The van der Waals surface area contributed by atoms with Crippen molar-refractivity contribution >= 4 is 23.3 Å². The van der Waals surface area contributed by atoms with Gasteiger partial charge in [-0.3, -0.25) is 4.79 Å². The lowest BCUT2D eigenvalue weighted by atomic mass is 9.93. The fraction of sp³-hybridized carbons (Fsp3) is 0.364. The third-order valence-corrected chi connectivity index (χ3v) is 2.76. The van der Waals surface area contributed by atoms with Crippen LogP contribution in [0.25, 0.3) is 0 Å². The van der Waals surface area contributed by atoms with E-state index in [1.807, 2.05) is 6.07 Å². The zero-order chi connectivity index (χ0) is 13.1. The van der Waals surface area contributed by atoms with Gasteiger partial charge in [-0.1, -0.05) is 11.6 Å². The molecule has 0 aliphatic carbocycles. The number of nitrogens with one attached hydrogen (secondary N) is 1. The molecule has 0 aliphatic rings.